The zero-order valence-corrected chi connectivity index (χ0v) is 8.31. The van der Waals surface area contributed by atoms with Crippen molar-refractivity contribution in [1.29, 1.82) is 0 Å². The van der Waals surface area contributed by atoms with E-state index in [1.165, 1.54) is 12.1 Å². The van der Waals surface area contributed by atoms with E-state index in [0.717, 1.165) is 13.0 Å². The summed E-state index contributed by atoms with van der Waals surface area (Å²) in [6.07, 6.45) is 1.12. The topological polar surface area (TPSA) is 35.2 Å². The number of hydrogen-bond acceptors (Lipinski definition) is 2. The van der Waals surface area contributed by atoms with Crippen molar-refractivity contribution in [3.05, 3.63) is 0 Å². The van der Waals surface area contributed by atoms with Crippen LogP contribution in [0.2, 0.25) is 18.6 Å². The van der Waals surface area contributed by atoms with E-state index in [4.69, 9.17) is 10.2 Å². The largest absolute Gasteiger partial charge is 0.420 e. The van der Waals surface area contributed by atoms with Gasteiger partial charge in [-0.05, 0) is 31.6 Å². The maximum absolute atomic E-state index is 5.47. The fourth-order valence-corrected chi connectivity index (χ4v) is 2.70. The molecule has 3 heteroatoms. The van der Waals surface area contributed by atoms with Crippen LogP contribution in [0.5, 0.6) is 0 Å². The van der Waals surface area contributed by atoms with Crippen molar-refractivity contribution < 1.29 is 4.43 Å². The van der Waals surface area contributed by atoms with E-state index in [0.29, 0.717) is 0 Å². The second-order valence-electron chi connectivity index (χ2n) is 2.90. The molecule has 1 unspecified atom stereocenters. The molecule has 2 N–H and O–H groups in total. The van der Waals surface area contributed by atoms with Gasteiger partial charge in [0.2, 0.25) is 0 Å². The summed E-state index contributed by atoms with van der Waals surface area (Å²) in [5, 5.41) is 0. The minimum atomic E-state index is -1.30. The third kappa shape index (κ3) is 3.34. The number of rotatable bonds is 5. The van der Waals surface area contributed by atoms with E-state index in [2.05, 4.69) is 13.5 Å². The van der Waals surface area contributed by atoms with Crippen molar-refractivity contribution in [2.24, 2.45) is 5.73 Å². The summed E-state index contributed by atoms with van der Waals surface area (Å²) in [4.78, 5) is 0. The molecule has 0 aromatic rings. The molecular formula is C7H19NOSi. The van der Waals surface area contributed by atoms with Gasteiger partial charge in [-0.15, -0.1) is 0 Å². The second-order valence-corrected chi connectivity index (χ2v) is 7.41. The molecule has 10 heavy (non-hydrogen) atoms. The SMILES string of the molecule is CC[Si](C)(CCCN)OC. The Morgan fingerprint density at radius 3 is 2.40 bits per heavy atom. The summed E-state index contributed by atoms with van der Waals surface area (Å²) < 4.78 is 5.47. The first-order valence-electron chi connectivity index (χ1n) is 3.93. The Hall–Kier alpha value is 0.137. The first kappa shape index (κ1) is 10.1. The molecule has 0 rings (SSSR count). The van der Waals surface area contributed by atoms with Crippen LogP contribution in [-0.4, -0.2) is 22.0 Å². The Kier molecular flexibility index (Phi) is 4.94. The van der Waals surface area contributed by atoms with Crippen LogP contribution >= 0.6 is 0 Å². The van der Waals surface area contributed by atoms with Gasteiger partial charge in [0.1, 0.15) is 0 Å². The quantitative estimate of drug-likeness (QED) is 0.621. The van der Waals surface area contributed by atoms with Crippen molar-refractivity contribution in [3.8, 4) is 0 Å². The van der Waals surface area contributed by atoms with Crippen molar-refractivity contribution in [3.63, 3.8) is 0 Å². The predicted octanol–water partition coefficient (Wildman–Crippen LogP) is 1.58. The van der Waals surface area contributed by atoms with Gasteiger partial charge < -0.3 is 10.2 Å². The maximum atomic E-state index is 5.47. The van der Waals surface area contributed by atoms with Gasteiger partial charge >= 0.3 is 0 Å². The Labute approximate surface area is 64.9 Å². The second kappa shape index (κ2) is 4.88. The van der Waals surface area contributed by atoms with Crippen LogP contribution in [0.25, 0.3) is 0 Å². The van der Waals surface area contributed by atoms with E-state index in [9.17, 15) is 0 Å². The maximum Gasteiger partial charge on any atom is 0.189 e. The van der Waals surface area contributed by atoms with Crippen molar-refractivity contribution in [2.75, 3.05) is 13.7 Å². The molecule has 0 saturated carbocycles. The minimum absolute atomic E-state index is 0.798. The van der Waals surface area contributed by atoms with Gasteiger partial charge in [0.25, 0.3) is 0 Å². The zero-order chi connectivity index (χ0) is 8.04. The molecule has 0 fully saturated rings. The molecule has 62 valence electrons. The summed E-state index contributed by atoms with van der Waals surface area (Å²) >= 11 is 0. The highest BCUT2D eigenvalue weighted by Crippen LogP contribution is 2.16. The first-order chi connectivity index (χ1) is 4.68. The van der Waals surface area contributed by atoms with Crippen LogP contribution in [0.15, 0.2) is 0 Å². The van der Waals surface area contributed by atoms with Crippen LogP contribution in [0.4, 0.5) is 0 Å². The van der Waals surface area contributed by atoms with E-state index < -0.39 is 8.32 Å². The molecule has 0 aromatic carbocycles. The van der Waals surface area contributed by atoms with Crippen LogP contribution in [-0.2, 0) is 4.43 Å². The fourth-order valence-electron chi connectivity index (χ4n) is 0.899. The number of hydrogen-bond donors (Lipinski definition) is 1. The number of nitrogens with two attached hydrogens (primary N) is 1. The highest BCUT2D eigenvalue weighted by atomic mass is 28.4. The lowest BCUT2D eigenvalue weighted by molar-refractivity contribution is 0.396. The third-order valence-electron chi connectivity index (χ3n) is 2.15. The molecule has 0 aliphatic heterocycles. The van der Waals surface area contributed by atoms with Crippen LogP contribution in [0, 0.1) is 0 Å². The van der Waals surface area contributed by atoms with Gasteiger partial charge in [0.05, 0.1) is 0 Å². The third-order valence-corrected chi connectivity index (χ3v) is 6.04. The van der Waals surface area contributed by atoms with Crippen molar-refractivity contribution in [1.82, 2.24) is 0 Å². The average Bonchev–Trinajstić information content (AvgIpc) is 2.00. The molecule has 1 atom stereocenters. The summed E-state index contributed by atoms with van der Waals surface area (Å²) in [6, 6.07) is 2.40. The van der Waals surface area contributed by atoms with Gasteiger partial charge in [-0.3, -0.25) is 0 Å². The van der Waals surface area contributed by atoms with Crippen LogP contribution < -0.4 is 5.73 Å². The molecule has 0 radical (unpaired) electrons. The van der Waals surface area contributed by atoms with Crippen molar-refractivity contribution in [2.45, 2.75) is 32.0 Å². The molecule has 0 bridgehead atoms. The summed E-state index contributed by atoms with van der Waals surface area (Å²) in [6.45, 7) is 5.26. The molecule has 0 aliphatic carbocycles. The summed E-state index contributed by atoms with van der Waals surface area (Å²) in [7, 11) is 0.527. The highest BCUT2D eigenvalue weighted by molar-refractivity contribution is 6.72. The van der Waals surface area contributed by atoms with Crippen LogP contribution in [0.1, 0.15) is 13.3 Å². The molecule has 0 amide bonds. The molecule has 0 spiro atoms. The lowest BCUT2D eigenvalue weighted by atomic mass is 10.5. The lowest BCUT2D eigenvalue weighted by Gasteiger charge is -2.22. The molecular weight excluding hydrogens is 142 g/mol. The standard InChI is InChI=1S/C7H19NOSi/c1-4-10(3,9-2)7-5-6-8/h4-8H2,1-3H3. The smallest absolute Gasteiger partial charge is 0.189 e. The van der Waals surface area contributed by atoms with E-state index in [-0.39, 0.29) is 0 Å². The van der Waals surface area contributed by atoms with E-state index in [1.807, 2.05) is 7.11 Å². The lowest BCUT2D eigenvalue weighted by Crippen LogP contribution is -2.32. The van der Waals surface area contributed by atoms with Gasteiger partial charge in [0, 0.05) is 7.11 Å². The molecule has 2 nitrogen and oxygen atoms in total. The van der Waals surface area contributed by atoms with E-state index in [1.54, 1.807) is 0 Å². The molecule has 0 saturated heterocycles. The summed E-state index contributed by atoms with van der Waals surface area (Å²) in [5.74, 6) is 0. The summed E-state index contributed by atoms with van der Waals surface area (Å²) in [5.41, 5.74) is 5.41. The minimum Gasteiger partial charge on any atom is -0.420 e. The van der Waals surface area contributed by atoms with Gasteiger partial charge in [-0.25, -0.2) is 0 Å². The zero-order valence-electron chi connectivity index (χ0n) is 7.31. The van der Waals surface area contributed by atoms with Crippen molar-refractivity contribution >= 4 is 8.32 Å². The Morgan fingerprint density at radius 2 is 2.10 bits per heavy atom. The average molecular weight is 161 g/mol. The van der Waals surface area contributed by atoms with Crippen LogP contribution in [0.3, 0.4) is 0 Å². The van der Waals surface area contributed by atoms with Gasteiger partial charge in [-0.2, -0.15) is 0 Å². The molecule has 0 aliphatic rings. The highest BCUT2D eigenvalue weighted by Gasteiger charge is 2.23. The molecule has 0 heterocycles. The van der Waals surface area contributed by atoms with Gasteiger partial charge in [0.15, 0.2) is 8.32 Å². The fraction of sp³-hybridized carbons (Fsp3) is 1.00. The Bertz CT molecular complexity index is 83.7. The Balaban J connectivity index is 3.58. The normalized spacial score (nSPS) is 16.8. The Morgan fingerprint density at radius 1 is 1.50 bits per heavy atom. The van der Waals surface area contributed by atoms with E-state index >= 15 is 0 Å². The molecule has 0 aromatic heterocycles. The monoisotopic (exact) mass is 161 g/mol. The van der Waals surface area contributed by atoms with Gasteiger partial charge in [-0.1, -0.05) is 6.92 Å². The first-order valence-corrected chi connectivity index (χ1v) is 6.76. The predicted molar refractivity (Wildman–Crippen MR) is 47.6 cm³/mol.